The molecule has 1 aliphatic carbocycles. The van der Waals surface area contributed by atoms with Gasteiger partial charge in [0.1, 0.15) is 0 Å². The molecule has 6 nitrogen and oxygen atoms in total. The fraction of sp³-hybridized carbons (Fsp3) is 0.632. The lowest BCUT2D eigenvalue weighted by molar-refractivity contribution is 0.160. The fourth-order valence-corrected chi connectivity index (χ4v) is 5.34. The van der Waals surface area contributed by atoms with Crippen molar-refractivity contribution in [3.05, 3.63) is 35.9 Å². The smallest absolute Gasteiger partial charge is 0.317 e. The van der Waals surface area contributed by atoms with E-state index in [0.717, 1.165) is 18.4 Å². The van der Waals surface area contributed by atoms with E-state index in [1.165, 1.54) is 17.1 Å². The zero-order valence-electron chi connectivity index (χ0n) is 15.4. The molecule has 1 aromatic carbocycles. The highest BCUT2D eigenvalue weighted by Gasteiger charge is 2.30. The van der Waals surface area contributed by atoms with Crippen LogP contribution in [0.4, 0.5) is 4.79 Å². The molecule has 1 saturated heterocycles. The molecule has 2 fully saturated rings. The molecule has 2 unspecified atom stereocenters. The lowest BCUT2D eigenvalue weighted by Crippen LogP contribution is -2.55. The summed E-state index contributed by atoms with van der Waals surface area (Å²) in [4.78, 5) is 14.3. The summed E-state index contributed by atoms with van der Waals surface area (Å²) in [6.07, 6.45) is 4.61. The minimum Gasteiger partial charge on any atom is -0.335 e. The first-order chi connectivity index (χ1) is 12.5. The molecule has 1 N–H and O–H groups in total. The molecule has 2 atom stereocenters. The van der Waals surface area contributed by atoms with Gasteiger partial charge in [-0.3, -0.25) is 0 Å². The van der Waals surface area contributed by atoms with Crippen molar-refractivity contribution in [2.45, 2.75) is 44.4 Å². The standard InChI is InChI=1S/C19H29N3O3S/c1-16-7-5-6-10-18(16)20-19(23)21-11-13-22(14-12-21)26(24,25)15-17-8-3-2-4-9-17/h2-4,8-9,16,18H,5-7,10-15H2,1H3,(H,20,23). The van der Waals surface area contributed by atoms with Gasteiger partial charge in [-0.15, -0.1) is 0 Å². The van der Waals surface area contributed by atoms with E-state index in [0.29, 0.717) is 32.1 Å². The van der Waals surface area contributed by atoms with Gasteiger partial charge in [0, 0.05) is 32.2 Å². The molecule has 26 heavy (non-hydrogen) atoms. The molecule has 1 aromatic rings. The number of benzene rings is 1. The molecule has 0 spiro atoms. The molecular weight excluding hydrogens is 350 g/mol. The molecule has 2 aliphatic rings. The van der Waals surface area contributed by atoms with E-state index in [9.17, 15) is 13.2 Å². The van der Waals surface area contributed by atoms with Gasteiger partial charge in [0.25, 0.3) is 0 Å². The number of nitrogens with zero attached hydrogens (tertiary/aromatic N) is 2. The Morgan fingerprint density at radius 3 is 2.38 bits per heavy atom. The maximum absolute atomic E-state index is 12.6. The predicted octanol–water partition coefficient (Wildman–Crippen LogP) is 2.42. The van der Waals surface area contributed by atoms with E-state index in [4.69, 9.17) is 0 Å². The van der Waals surface area contributed by atoms with Gasteiger partial charge in [0.05, 0.1) is 5.75 Å². The van der Waals surface area contributed by atoms with Crippen molar-refractivity contribution in [2.75, 3.05) is 26.2 Å². The number of urea groups is 1. The summed E-state index contributed by atoms with van der Waals surface area (Å²) in [5, 5.41) is 3.15. The number of carbonyl (C=O) groups excluding carboxylic acids is 1. The van der Waals surface area contributed by atoms with Crippen LogP contribution in [0.1, 0.15) is 38.2 Å². The molecule has 0 aromatic heterocycles. The van der Waals surface area contributed by atoms with Crippen molar-refractivity contribution >= 4 is 16.1 Å². The van der Waals surface area contributed by atoms with E-state index < -0.39 is 10.0 Å². The third-order valence-electron chi connectivity index (χ3n) is 5.53. The molecule has 2 amide bonds. The number of hydrogen-bond donors (Lipinski definition) is 1. The second-order valence-electron chi connectivity index (χ2n) is 7.45. The van der Waals surface area contributed by atoms with Crippen molar-refractivity contribution in [3.8, 4) is 0 Å². The van der Waals surface area contributed by atoms with Gasteiger partial charge in [-0.05, 0) is 24.3 Å². The average Bonchev–Trinajstić information content (AvgIpc) is 2.64. The monoisotopic (exact) mass is 379 g/mol. The summed E-state index contributed by atoms with van der Waals surface area (Å²) in [6.45, 7) is 3.81. The Morgan fingerprint density at radius 1 is 1.08 bits per heavy atom. The highest BCUT2D eigenvalue weighted by molar-refractivity contribution is 7.88. The van der Waals surface area contributed by atoms with Gasteiger partial charge >= 0.3 is 6.03 Å². The molecule has 1 heterocycles. The molecule has 0 bridgehead atoms. The first-order valence-corrected chi connectivity index (χ1v) is 11.1. The van der Waals surface area contributed by atoms with Crippen molar-refractivity contribution in [1.29, 1.82) is 0 Å². The van der Waals surface area contributed by atoms with Crippen LogP contribution >= 0.6 is 0 Å². The number of sulfonamides is 1. The number of rotatable bonds is 4. The van der Waals surface area contributed by atoms with Gasteiger partial charge in [0.2, 0.25) is 10.0 Å². The van der Waals surface area contributed by atoms with Gasteiger partial charge < -0.3 is 10.2 Å². The molecule has 0 radical (unpaired) electrons. The second-order valence-corrected chi connectivity index (χ2v) is 9.41. The van der Waals surface area contributed by atoms with Crippen LogP contribution in [0.5, 0.6) is 0 Å². The Balaban J connectivity index is 1.51. The summed E-state index contributed by atoms with van der Waals surface area (Å²) < 4.78 is 26.7. The number of piperazine rings is 1. The number of nitrogens with one attached hydrogen (secondary N) is 1. The topological polar surface area (TPSA) is 69.7 Å². The Kier molecular flexibility index (Phi) is 6.19. The molecular formula is C19H29N3O3S. The lowest BCUT2D eigenvalue weighted by Gasteiger charge is -2.36. The summed E-state index contributed by atoms with van der Waals surface area (Å²) in [5.41, 5.74) is 0.791. The summed E-state index contributed by atoms with van der Waals surface area (Å²) in [5.74, 6) is 0.528. The van der Waals surface area contributed by atoms with E-state index in [1.807, 2.05) is 30.3 Å². The maximum Gasteiger partial charge on any atom is 0.317 e. The summed E-state index contributed by atoms with van der Waals surface area (Å²) >= 11 is 0. The van der Waals surface area contributed by atoms with E-state index in [1.54, 1.807) is 4.90 Å². The quantitative estimate of drug-likeness (QED) is 0.873. The zero-order valence-corrected chi connectivity index (χ0v) is 16.2. The normalized spacial score (nSPS) is 25.0. The maximum atomic E-state index is 12.6. The Labute approximate surface area is 156 Å². The van der Waals surface area contributed by atoms with Crippen LogP contribution in [0.2, 0.25) is 0 Å². The first-order valence-electron chi connectivity index (χ1n) is 9.53. The van der Waals surface area contributed by atoms with Crippen LogP contribution < -0.4 is 5.32 Å². The van der Waals surface area contributed by atoms with E-state index in [2.05, 4.69) is 12.2 Å². The highest BCUT2D eigenvalue weighted by Crippen LogP contribution is 2.24. The Morgan fingerprint density at radius 2 is 1.73 bits per heavy atom. The first kappa shape index (κ1) is 19.2. The predicted molar refractivity (Wildman–Crippen MR) is 102 cm³/mol. The third-order valence-corrected chi connectivity index (χ3v) is 7.38. The average molecular weight is 380 g/mol. The largest absolute Gasteiger partial charge is 0.335 e. The zero-order chi connectivity index (χ0) is 18.6. The number of carbonyl (C=O) groups is 1. The molecule has 3 rings (SSSR count). The van der Waals surface area contributed by atoms with Crippen LogP contribution in [0, 0.1) is 5.92 Å². The summed E-state index contributed by atoms with van der Waals surface area (Å²) in [6, 6.07) is 9.42. The van der Waals surface area contributed by atoms with Gasteiger partial charge in [-0.25, -0.2) is 13.2 Å². The molecule has 7 heteroatoms. The highest BCUT2D eigenvalue weighted by atomic mass is 32.2. The van der Waals surface area contributed by atoms with Crippen molar-refractivity contribution < 1.29 is 13.2 Å². The van der Waals surface area contributed by atoms with Crippen LogP contribution in [0.3, 0.4) is 0 Å². The molecule has 144 valence electrons. The van der Waals surface area contributed by atoms with Gasteiger partial charge in [-0.1, -0.05) is 50.1 Å². The fourth-order valence-electron chi connectivity index (χ4n) is 3.83. The minimum atomic E-state index is -3.35. The van der Waals surface area contributed by atoms with Gasteiger partial charge in [-0.2, -0.15) is 4.31 Å². The van der Waals surface area contributed by atoms with Crippen LogP contribution in [0.25, 0.3) is 0 Å². The minimum absolute atomic E-state index is 0.0135. The third kappa shape index (κ3) is 4.76. The molecule has 1 aliphatic heterocycles. The Bertz CT molecular complexity index is 700. The summed E-state index contributed by atoms with van der Waals surface area (Å²) in [7, 11) is -3.35. The van der Waals surface area contributed by atoms with E-state index in [-0.39, 0.29) is 17.8 Å². The second kappa shape index (κ2) is 8.39. The van der Waals surface area contributed by atoms with Crippen molar-refractivity contribution in [2.24, 2.45) is 5.92 Å². The SMILES string of the molecule is CC1CCCCC1NC(=O)N1CCN(S(=O)(=O)Cc2ccccc2)CC1. The number of amides is 2. The Hall–Kier alpha value is -1.60. The van der Waals surface area contributed by atoms with Crippen molar-refractivity contribution in [1.82, 2.24) is 14.5 Å². The van der Waals surface area contributed by atoms with Gasteiger partial charge in [0.15, 0.2) is 0 Å². The lowest BCUT2D eigenvalue weighted by atomic mass is 9.86. The van der Waals surface area contributed by atoms with Crippen LogP contribution in [0.15, 0.2) is 30.3 Å². The van der Waals surface area contributed by atoms with Crippen molar-refractivity contribution in [3.63, 3.8) is 0 Å². The van der Waals surface area contributed by atoms with E-state index >= 15 is 0 Å². The van der Waals surface area contributed by atoms with Crippen LogP contribution in [-0.2, 0) is 15.8 Å². The van der Waals surface area contributed by atoms with Crippen LogP contribution in [-0.4, -0.2) is 55.9 Å². The number of hydrogen-bond acceptors (Lipinski definition) is 3. The molecule has 1 saturated carbocycles.